The van der Waals surface area contributed by atoms with Crippen LogP contribution in [0.4, 0.5) is 0 Å². The number of hydrogen-bond donors (Lipinski definition) is 1. The van der Waals surface area contributed by atoms with Crippen LogP contribution in [0.3, 0.4) is 0 Å². The van der Waals surface area contributed by atoms with Crippen LogP contribution in [0.1, 0.15) is 11.1 Å². The molecule has 0 aliphatic rings. The number of carbonyl (C=O) groups excluding carboxylic acids is 1. The largest absolute Gasteiger partial charge is 0.456 e. The quantitative estimate of drug-likeness (QED) is 0.673. The highest BCUT2D eigenvalue weighted by Gasteiger charge is 2.06. The van der Waals surface area contributed by atoms with Gasteiger partial charge in [0.05, 0.1) is 0 Å². The molecular weight excluding hydrogens is 238 g/mol. The highest BCUT2D eigenvalue weighted by Crippen LogP contribution is 2.06. The molecule has 2 N–H and O–H groups in total. The lowest BCUT2D eigenvalue weighted by atomic mass is 10.2. The predicted molar refractivity (Wildman–Crippen MR) is 74.8 cm³/mol. The lowest BCUT2D eigenvalue weighted by Gasteiger charge is -2.05. The summed E-state index contributed by atoms with van der Waals surface area (Å²) in [7, 11) is 0. The van der Waals surface area contributed by atoms with Crippen molar-refractivity contribution in [1.82, 2.24) is 0 Å². The van der Waals surface area contributed by atoms with Crippen molar-refractivity contribution in [2.24, 2.45) is 5.73 Å². The van der Waals surface area contributed by atoms with E-state index in [2.05, 4.69) is 0 Å². The van der Waals surface area contributed by atoms with E-state index in [-0.39, 0.29) is 12.3 Å². The molecule has 0 aromatic heterocycles. The molecule has 0 saturated carbocycles. The average molecular weight is 253 g/mol. The number of benzene rings is 2. The Balaban J connectivity index is 1.95. The van der Waals surface area contributed by atoms with Crippen molar-refractivity contribution in [3.63, 3.8) is 0 Å². The second kappa shape index (κ2) is 6.40. The SMILES string of the molecule is NC(=Cc1ccccc1)C(=O)OCc1ccccc1. The van der Waals surface area contributed by atoms with Gasteiger partial charge in [0.25, 0.3) is 0 Å². The zero-order valence-electron chi connectivity index (χ0n) is 10.5. The van der Waals surface area contributed by atoms with Gasteiger partial charge in [0, 0.05) is 0 Å². The molecular formula is C16H15NO2. The molecule has 0 amide bonds. The average Bonchev–Trinajstić information content (AvgIpc) is 2.47. The van der Waals surface area contributed by atoms with Gasteiger partial charge in [-0.05, 0) is 17.2 Å². The van der Waals surface area contributed by atoms with E-state index in [1.807, 2.05) is 60.7 Å². The van der Waals surface area contributed by atoms with Crippen LogP contribution in [-0.4, -0.2) is 5.97 Å². The molecule has 0 spiro atoms. The molecule has 0 saturated heterocycles. The standard InChI is InChI=1S/C16H15NO2/c17-15(11-13-7-3-1-4-8-13)16(18)19-12-14-9-5-2-6-10-14/h1-11H,12,17H2. The number of hydrogen-bond acceptors (Lipinski definition) is 3. The van der Waals surface area contributed by atoms with E-state index in [9.17, 15) is 4.79 Å². The van der Waals surface area contributed by atoms with Gasteiger partial charge in [-0.3, -0.25) is 0 Å². The molecule has 2 aromatic rings. The van der Waals surface area contributed by atoms with Gasteiger partial charge in [-0.25, -0.2) is 4.79 Å². The molecule has 0 unspecified atom stereocenters. The molecule has 3 nitrogen and oxygen atoms in total. The van der Waals surface area contributed by atoms with Gasteiger partial charge in [-0.1, -0.05) is 60.7 Å². The predicted octanol–water partition coefficient (Wildman–Crippen LogP) is 2.73. The first kappa shape index (κ1) is 12.9. The Morgan fingerprint density at radius 1 is 1.00 bits per heavy atom. The smallest absolute Gasteiger partial charge is 0.354 e. The Labute approximate surface area is 112 Å². The summed E-state index contributed by atoms with van der Waals surface area (Å²) in [5.74, 6) is -0.507. The van der Waals surface area contributed by atoms with Crippen molar-refractivity contribution in [1.29, 1.82) is 0 Å². The van der Waals surface area contributed by atoms with Gasteiger partial charge in [0.2, 0.25) is 0 Å². The van der Waals surface area contributed by atoms with Crippen molar-refractivity contribution in [2.75, 3.05) is 0 Å². The number of rotatable bonds is 4. The fourth-order valence-electron chi connectivity index (χ4n) is 1.59. The van der Waals surface area contributed by atoms with Crippen LogP contribution in [-0.2, 0) is 16.1 Å². The Kier molecular flexibility index (Phi) is 4.34. The lowest BCUT2D eigenvalue weighted by molar-refractivity contribution is -0.140. The minimum absolute atomic E-state index is 0.0992. The molecule has 0 heterocycles. The van der Waals surface area contributed by atoms with E-state index >= 15 is 0 Å². The minimum atomic E-state index is -0.507. The molecule has 0 atom stereocenters. The van der Waals surface area contributed by atoms with Gasteiger partial charge in [-0.15, -0.1) is 0 Å². The number of nitrogens with two attached hydrogens (primary N) is 1. The number of esters is 1. The molecule has 0 fully saturated rings. The Hall–Kier alpha value is -2.55. The molecule has 0 aliphatic carbocycles. The maximum Gasteiger partial charge on any atom is 0.354 e. The summed E-state index contributed by atoms with van der Waals surface area (Å²) in [6, 6.07) is 18.9. The van der Waals surface area contributed by atoms with Crippen molar-refractivity contribution in [3.8, 4) is 0 Å². The van der Waals surface area contributed by atoms with Gasteiger partial charge in [-0.2, -0.15) is 0 Å². The lowest BCUT2D eigenvalue weighted by Crippen LogP contribution is -2.14. The van der Waals surface area contributed by atoms with Crippen molar-refractivity contribution >= 4 is 12.0 Å². The van der Waals surface area contributed by atoms with Crippen molar-refractivity contribution in [3.05, 3.63) is 77.5 Å². The van der Waals surface area contributed by atoms with Crippen LogP contribution in [0, 0.1) is 0 Å². The van der Waals surface area contributed by atoms with E-state index in [0.29, 0.717) is 0 Å². The summed E-state index contributed by atoms with van der Waals surface area (Å²) in [6.45, 7) is 0.225. The summed E-state index contributed by atoms with van der Waals surface area (Å²) in [6.07, 6.45) is 1.60. The number of ether oxygens (including phenoxy) is 1. The van der Waals surface area contributed by atoms with Crippen LogP contribution >= 0.6 is 0 Å². The highest BCUT2D eigenvalue weighted by molar-refractivity contribution is 5.92. The topological polar surface area (TPSA) is 52.3 Å². The molecule has 0 radical (unpaired) electrons. The van der Waals surface area contributed by atoms with E-state index in [1.54, 1.807) is 6.08 Å². The first-order valence-electron chi connectivity index (χ1n) is 5.99. The normalized spacial score (nSPS) is 11.1. The maximum absolute atomic E-state index is 11.7. The third-order valence-corrected chi connectivity index (χ3v) is 2.57. The highest BCUT2D eigenvalue weighted by atomic mass is 16.5. The van der Waals surface area contributed by atoms with E-state index in [4.69, 9.17) is 10.5 Å². The Bertz CT molecular complexity index is 562. The van der Waals surface area contributed by atoms with E-state index < -0.39 is 5.97 Å². The van der Waals surface area contributed by atoms with Crippen LogP contribution in [0.25, 0.3) is 6.08 Å². The Morgan fingerprint density at radius 3 is 2.21 bits per heavy atom. The van der Waals surface area contributed by atoms with E-state index in [1.165, 1.54) is 0 Å². The summed E-state index contributed by atoms with van der Waals surface area (Å²) in [5, 5.41) is 0. The summed E-state index contributed by atoms with van der Waals surface area (Å²) >= 11 is 0. The van der Waals surface area contributed by atoms with Crippen molar-refractivity contribution < 1.29 is 9.53 Å². The van der Waals surface area contributed by atoms with Crippen molar-refractivity contribution in [2.45, 2.75) is 6.61 Å². The number of carbonyl (C=O) groups is 1. The molecule has 2 aromatic carbocycles. The van der Waals surface area contributed by atoms with Gasteiger partial charge in [0.15, 0.2) is 0 Å². The Morgan fingerprint density at radius 2 is 1.58 bits per heavy atom. The zero-order valence-corrected chi connectivity index (χ0v) is 10.5. The maximum atomic E-state index is 11.7. The van der Waals surface area contributed by atoms with Gasteiger partial charge < -0.3 is 10.5 Å². The van der Waals surface area contributed by atoms with Crippen LogP contribution in [0.15, 0.2) is 66.4 Å². The van der Waals surface area contributed by atoms with E-state index in [0.717, 1.165) is 11.1 Å². The van der Waals surface area contributed by atoms with Gasteiger partial charge in [0.1, 0.15) is 12.3 Å². The second-order valence-electron chi connectivity index (χ2n) is 4.07. The monoisotopic (exact) mass is 253 g/mol. The summed E-state index contributed by atoms with van der Waals surface area (Å²) < 4.78 is 5.13. The third-order valence-electron chi connectivity index (χ3n) is 2.57. The summed E-state index contributed by atoms with van der Waals surface area (Å²) in [5.41, 5.74) is 7.60. The molecule has 0 bridgehead atoms. The first-order valence-corrected chi connectivity index (χ1v) is 5.99. The van der Waals surface area contributed by atoms with Gasteiger partial charge >= 0.3 is 5.97 Å². The first-order chi connectivity index (χ1) is 9.25. The second-order valence-corrected chi connectivity index (χ2v) is 4.07. The fraction of sp³-hybridized carbons (Fsp3) is 0.0625. The zero-order chi connectivity index (χ0) is 13.5. The molecule has 2 rings (SSSR count). The molecule has 0 aliphatic heterocycles. The minimum Gasteiger partial charge on any atom is -0.456 e. The fourth-order valence-corrected chi connectivity index (χ4v) is 1.59. The molecule has 96 valence electrons. The summed E-state index contributed by atoms with van der Waals surface area (Å²) in [4.78, 5) is 11.7. The molecule has 3 heteroatoms. The van der Waals surface area contributed by atoms with Crippen LogP contribution < -0.4 is 5.73 Å². The third kappa shape index (κ3) is 4.00. The van der Waals surface area contributed by atoms with Crippen LogP contribution in [0.2, 0.25) is 0 Å². The van der Waals surface area contributed by atoms with Crippen LogP contribution in [0.5, 0.6) is 0 Å². The molecule has 19 heavy (non-hydrogen) atoms.